The minimum absolute atomic E-state index is 0.0395. The smallest absolute Gasteiger partial charge is 0.410 e. The van der Waals surface area contributed by atoms with Gasteiger partial charge in [0.15, 0.2) is 5.78 Å². The molecule has 1 aromatic rings. The summed E-state index contributed by atoms with van der Waals surface area (Å²) in [7, 11) is -3.95. The van der Waals surface area contributed by atoms with Crippen molar-refractivity contribution in [1.29, 1.82) is 0 Å². The highest BCUT2D eigenvalue weighted by atomic mass is 32.2. The normalized spacial score (nSPS) is 27.9. The van der Waals surface area contributed by atoms with Crippen LogP contribution >= 0.6 is 0 Å². The molecule has 6 rings (SSSR count). The van der Waals surface area contributed by atoms with Crippen molar-refractivity contribution in [3.05, 3.63) is 65.3 Å². The predicted octanol–water partition coefficient (Wildman–Crippen LogP) is 4.02. The first-order chi connectivity index (χ1) is 26.9. The molecule has 5 atom stereocenters. The van der Waals surface area contributed by atoms with Crippen molar-refractivity contribution in [2.24, 2.45) is 11.3 Å². The largest absolute Gasteiger partial charge is 0.449 e. The minimum atomic E-state index is -3.95. The number of carbonyl (C=O) groups excluding carboxylic acids is 6. The van der Waals surface area contributed by atoms with Crippen LogP contribution in [0.25, 0.3) is 6.08 Å². The van der Waals surface area contributed by atoms with Crippen LogP contribution in [-0.2, 0) is 51.8 Å². The first-order valence-corrected chi connectivity index (χ1v) is 21.1. The molecule has 57 heavy (non-hydrogen) atoms. The van der Waals surface area contributed by atoms with Crippen molar-refractivity contribution in [3.63, 3.8) is 0 Å². The van der Waals surface area contributed by atoms with Crippen LogP contribution in [0.4, 0.5) is 9.59 Å². The van der Waals surface area contributed by atoms with E-state index in [1.165, 1.54) is 17.1 Å². The maximum absolute atomic E-state index is 14.5. The second-order valence-corrected chi connectivity index (χ2v) is 18.8. The molecular formula is C41H53N5O10S. The summed E-state index contributed by atoms with van der Waals surface area (Å²) in [6.07, 6.45) is 6.37. The first-order valence-electron chi connectivity index (χ1n) is 19.6. The molecule has 3 aliphatic heterocycles. The Hall–Kier alpha value is -4.99. The highest BCUT2D eigenvalue weighted by molar-refractivity contribution is 7.91. The molecule has 2 aliphatic carbocycles. The number of allylic oxidation sites excluding steroid dienone is 3. The third-order valence-electron chi connectivity index (χ3n) is 11.2. The van der Waals surface area contributed by atoms with E-state index in [2.05, 4.69) is 21.9 Å². The van der Waals surface area contributed by atoms with Gasteiger partial charge in [-0.2, -0.15) is 0 Å². The zero-order valence-corrected chi connectivity index (χ0v) is 33.8. The molecule has 3 fully saturated rings. The lowest BCUT2D eigenvalue weighted by Crippen LogP contribution is -2.58. The van der Waals surface area contributed by atoms with Crippen LogP contribution in [0.1, 0.15) is 95.8 Å². The molecule has 3 N–H and O–H groups in total. The number of hydrogen-bond donors (Lipinski definition) is 3. The van der Waals surface area contributed by atoms with Gasteiger partial charge in [-0.05, 0) is 80.6 Å². The lowest BCUT2D eigenvalue weighted by atomic mass is 9.88. The summed E-state index contributed by atoms with van der Waals surface area (Å²) in [6.45, 7) is 11.6. The number of fused-ring (bicyclic) bond motifs is 3. The molecule has 1 aromatic carbocycles. The number of benzene rings is 1. The fourth-order valence-corrected chi connectivity index (χ4v) is 9.05. The van der Waals surface area contributed by atoms with E-state index in [0.29, 0.717) is 38.8 Å². The molecule has 0 spiro atoms. The van der Waals surface area contributed by atoms with E-state index in [4.69, 9.17) is 9.47 Å². The quantitative estimate of drug-likeness (QED) is 0.229. The van der Waals surface area contributed by atoms with Crippen LogP contribution in [0.3, 0.4) is 0 Å². The van der Waals surface area contributed by atoms with Crippen molar-refractivity contribution >= 4 is 51.8 Å². The summed E-state index contributed by atoms with van der Waals surface area (Å²) in [5.74, 6) is -3.26. The van der Waals surface area contributed by atoms with Gasteiger partial charge in [0.05, 0.1) is 24.9 Å². The van der Waals surface area contributed by atoms with Crippen molar-refractivity contribution in [3.8, 4) is 0 Å². The standard InChI is InChI=1S/C41H53N5O10S/c1-6-28-20-41(28,37(50)44-57(53,54)31-14-15-31)43-35(48)34-19-30-22-46(34)36(49)33(16-13-29(47)18-25(2)3)42-38(51)55-24-40(4,5)17-8-7-10-26-11-9-12-27-21-45(23-32(26)27)39(52)56-30/h6-7,9-12,18,28,30-31,33-34H,1,8,13-17,19-24H2,2-5H3,(H,42,51)(H,43,48)(H,44,50)/b10-7+. The number of ketones is 1. The molecule has 4 bridgehead atoms. The van der Waals surface area contributed by atoms with Gasteiger partial charge in [-0.25, -0.2) is 18.0 Å². The van der Waals surface area contributed by atoms with Crippen molar-refractivity contribution in [2.45, 2.75) is 121 Å². The Morgan fingerprint density at radius 3 is 2.54 bits per heavy atom. The molecule has 16 heteroatoms. The molecule has 0 radical (unpaired) electrons. The number of carbonyl (C=O) groups is 6. The SMILES string of the molecule is C=CC1CC1(NC(=O)C1CC2CN1C(=O)C(CCC(=O)C=C(C)C)NC(=O)OCC(C)(C)CC/C=C/c1cccc3c1CN(C3)C(=O)O2)C(=O)NS(=O)(=O)C1CC1. The fraction of sp³-hybridized carbons (Fsp3) is 0.561. The zero-order chi connectivity index (χ0) is 41.3. The average Bonchev–Trinajstić information content (AvgIpc) is 4.04. The van der Waals surface area contributed by atoms with Crippen LogP contribution < -0.4 is 15.4 Å². The Labute approximate surface area is 333 Å². The Morgan fingerprint density at radius 2 is 1.86 bits per heavy atom. The lowest BCUT2D eigenvalue weighted by Gasteiger charge is -2.30. The maximum Gasteiger partial charge on any atom is 0.410 e. The van der Waals surface area contributed by atoms with Crippen LogP contribution in [0.15, 0.2) is 48.6 Å². The Balaban J connectivity index is 1.30. The molecule has 308 valence electrons. The maximum atomic E-state index is 14.5. The summed E-state index contributed by atoms with van der Waals surface area (Å²) in [5, 5.41) is 4.66. The van der Waals surface area contributed by atoms with Crippen LogP contribution in [0.2, 0.25) is 0 Å². The summed E-state index contributed by atoms with van der Waals surface area (Å²) in [5.41, 5.74) is 1.61. The molecule has 1 saturated heterocycles. The molecule has 5 unspecified atom stereocenters. The molecule has 2 saturated carbocycles. The van der Waals surface area contributed by atoms with E-state index in [0.717, 1.165) is 22.3 Å². The predicted molar refractivity (Wildman–Crippen MR) is 209 cm³/mol. The number of cyclic esters (lactones) is 1. The topological polar surface area (TPSA) is 198 Å². The van der Waals surface area contributed by atoms with Gasteiger partial charge in [-0.1, -0.05) is 55.8 Å². The Bertz CT molecular complexity index is 2000. The molecule has 5 amide bonds. The molecule has 5 aliphatic rings. The van der Waals surface area contributed by atoms with Gasteiger partial charge in [-0.3, -0.25) is 28.8 Å². The van der Waals surface area contributed by atoms with E-state index >= 15 is 0 Å². The fourth-order valence-electron chi connectivity index (χ4n) is 7.68. The van der Waals surface area contributed by atoms with E-state index in [9.17, 15) is 37.2 Å². The van der Waals surface area contributed by atoms with Crippen LogP contribution in [0.5, 0.6) is 0 Å². The summed E-state index contributed by atoms with van der Waals surface area (Å²) < 4.78 is 39.1. The van der Waals surface area contributed by atoms with Crippen molar-refractivity contribution in [1.82, 2.24) is 25.2 Å². The second-order valence-electron chi connectivity index (χ2n) is 16.9. The van der Waals surface area contributed by atoms with Crippen molar-refractivity contribution in [2.75, 3.05) is 13.2 Å². The molecule has 15 nitrogen and oxygen atoms in total. The second kappa shape index (κ2) is 16.5. The summed E-state index contributed by atoms with van der Waals surface area (Å²) in [4.78, 5) is 84.8. The van der Waals surface area contributed by atoms with Gasteiger partial charge in [0, 0.05) is 25.3 Å². The van der Waals surface area contributed by atoms with E-state index in [1.54, 1.807) is 18.7 Å². The minimum Gasteiger partial charge on any atom is -0.449 e. The van der Waals surface area contributed by atoms with E-state index < -0.39 is 80.2 Å². The van der Waals surface area contributed by atoms with Crippen molar-refractivity contribution < 1.29 is 46.7 Å². The van der Waals surface area contributed by atoms with Gasteiger partial charge in [0.2, 0.25) is 21.8 Å². The molecule has 3 heterocycles. The van der Waals surface area contributed by atoms with Crippen LogP contribution in [-0.4, -0.2) is 96.0 Å². The summed E-state index contributed by atoms with van der Waals surface area (Å²) in [6, 6.07) is 3.24. The third-order valence-corrected chi connectivity index (χ3v) is 13.1. The average molecular weight is 808 g/mol. The van der Waals surface area contributed by atoms with Gasteiger partial charge < -0.3 is 25.0 Å². The van der Waals surface area contributed by atoms with Gasteiger partial charge in [0.1, 0.15) is 23.7 Å². The molecule has 0 aromatic heterocycles. The van der Waals surface area contributed by atoms with Gasteiger partial charge in [0.25, 0.3) is 5.91 Å². The highest BCUT2D eigenvalue weighted by Gasteiger charge is 2.62. The third kappa shape index (κ3) is 9.77. The Kier molecular flexibility index (Phi) is 12.0. The van der Waals surface area contributed by atoms with E-state index in [-0.39, 0.29) is 44.6 Å². The number of rotatable bonds is 10. The number of sulfonamides is 1. The Morgan fingerprint density at radius 1 is 1.11 bits per heavy atom. The number of alkyl carbamates (subject to hydrolysis) is 1. The zero-order valence-electron chi connectivity index (χ0n) is 33.0. The lowest BCUT2D eigenvalue weighted by molar-refractivity contribution is -0.141. The summed E-state index contributed by atoms with van der Waals surface area (Å²) >= 11 is 0. The van der Waals surface area contributed by atoms with Crippen LogP contribution in [0, 0.1) is 11.3 Å². The number of ether oxygens (including phenoxy) is 2. The number of nitrogens with one attached hydrogen (secondary N) is 3. The number of nitrogens with zero attached hydrogens (tertiary/aromatic N) is 2. The molecular weight excluding hydrogens is 755 g/mol. The monoisotopic (exact) mass is 807 g/mol. The first kappa shape index (κ1) is 41.6. The highest BCUT2D eigenvalue weighted by Crippen LogP contribution is 2.45. The number of amides is 5. The number of hydrogen-bond acceptors (Lipinski definition) is 10. The van der Waals surface area contributed by atoms with Gasteiger partial charge >= 0.3 is 12.2 Å². The van der Waals surface area contributed by atoms with Gasteiger partial charge in [-0.15, -0.1) is 6.58 Å². The van der Waals surface area contributed by atoms with E-state index in [1.807, 2.05) is 44.2 Å².